The number of amides is 1. The van der Waals surface area contributed by atoms with Gasteiger partial charge < -0.3 is 5.32 Å². The van der Waals surface area contributed by atoms with Crippen LogP contribution in [0.1, 0.15) is 21.6 Å². The van der Waals surface area contributed by atoms with E-state index in [0.717, 1.165) is 6.07 Å². The highest BCUT2D eigenvalue weighted by atomic mass is 19.4. The van der Waals surface area contributed by atoms with E-state index in [9.17, 15) is 18.0 Å². The Morgan fingerprint density at radius 2 is 2.05 bits per heavy atom. The topological polar surface area (TPSA) is 70.7 Å². The van der Waals surface area contributed by atoms with Crippen molar-refractivity contribution in [3.05, 3.63) is 47.3 Å². The average molecular weight is 270 g/mol. The highest BCUT2D eigenvalue weighted by Crippen LogP contribution is 2.31. The lowest BCUT2D eigenvalue weighted by Gasteiger charge is -2.12. The Hall–Kier alpha value is -2.38. The van der Waals surface area contributed by atoms with Gasteiger partial charge in [-0.15, -0.1) is 0 Å². The monoisotopic (exact) mass is 270 g/mol. The van der Waals surface area contributed by atoms with Crippen molar-refractivity contribution in [3.63, 3.8) is 0 Å². The third kappa shape index (κ3) is 3.09. The number of aromatic nitrogens is 3. The molecule has 0 spiro atoms. The van der Waals surface area contributed by atoms with Crippen molar-refractivity contribution in [3.8, 4) is 0 Å². The SMILES string of the molecule is O=C(NCc1ccccc1C(F)(F)F)c1cn[nH]n1. The van der Waals surface area contributed by atoms with Gasteiger partial charge in [-0.2, -0.15) is 28.6 Å². The first-order valence-corrected chi connectivity index (χ1v) is 5.27. The van der Waals surface area contributed by atoms with Crippen LogP contribution < -0.4 is 5.32 Å². The van der Waals surface area contributed by atoms with Crippen LogP contribution in [0.2, 0.25) is 0 Å². The number of alkyl halides is 3. The van der Waals surface area contributed by atoms with E-state index in [1.807, 2.05) is 0 Å². The molecule has 5 nitrogen and oxygen atoms in total. The first kappa shape index (κ1) is 13.1. The molecule has 0 atom stereocenters. The summed E-state index contributed by atoms with van der Waals surface area (Å²) in [7, 11) is 0. The van der Waals surface area contributed by atoms with Gasteiger partial charge in [0.2, 0.25) is 0 Å². The van der Waals surface area contributed by atoms with Crippen LogP contribution in [0.25, 0.3) is 0 Å². The van der Waals surface area contributed by atoms with E-state index < -0.39 is 17.6 Å². The fourth-order valence-electron chi connectivity index (χ4n) is 1.53. The Morgan fingerprint density at radius 1 is 1.32 bits per heavy atom. The normalized spacial score (nSPS) is 11.3. The second-order valence-electron chi connectivity index (χ2n) is 3.69. The number of benzene rings is 1. The van der Waals surface area contributed by atoms with Crippen molar-refractivity contribution in [2.45, 2.75) is 12.7 Å². The smallest absolute Gasteiger partial charge is 0.346 e. The number of H-pyrrole nitrogens is 1. The summed E-state index contributed by atoms with van der Waals surface area (Å²) in [5.41, 5.74) is -0.758. The van der Waals surface area contributed by atoms with Crippen molar-refractivity contribution in [2.75, 3.05) is 0 Å². The van der Waals surface area contributed by atoms with Gasteiger partial charge in [0.25, 0.3) is 5.91 Å². The van der Waals surface area contributed by atoms with Crippen LogP contribution in [-0.4, -0.2) is 21.3 Å². The molecular weight excluding hydrogens is 261 g/mol. The molecule has 100 valence electrons. The molecule has 0 bridgehead atoms. The molecule has 1 aromatic heterocycles. The molecule has 19 heavy (non-hydrogen) atoms. The lowest BCUT2D eigenvalue weighted by Crippen LogP contribution is -2.24. The molecule has 0 unspecified atom stereocenters. The number of hydrogen-bond acceptors (Lipinski definition) is 3. The number of nitrogens with zero attached hydrogens (tertiary/aromatic N) is 2. The molecule has 0 radical (unpaired) electrons. The van der Waals surface area contributed by atoms with Crippen LogP contribution >= 0.6 is 0 Å². The third-order valence-corrected chi connectivity index (χ3v) is 2.41. The molecule has 2 rings (SSSR count). The maximum atomic E-state index is 12.7. The number of rotatable bonds is 3. The van der Waals surface area contributed by atoms with Crippen molar-refractivity contribution < 1.29 is 18.0 Å². The zero-order valence-electron chi connectivity index (χ0n) is 9.53. The molecular formula is C11H9F3N4O. The maximum Gasteiger partial charge on any atom is 0.416 e. The van der Waals surface area contributed by atoms with Gasteiger partial charge in [0.15, 0.2) is 5.69 Å². The summed E-state index contributed by atoms with van der Waals surface area (Å²) in [5, 5.41) is 11.6. The first-order chi connectivity index (χ1) is 8.98. The van der Waals surface area contributed by atoms with Crippen LogP contribution in [0, 0.1) is 0 Å². The number of aromatic amines is 1. The van der Waals surface area contributed by atoms with Gasteiger partial charge >= 0.3 is 6.18 Å². The van der Waals surface area contributed by atoms with Crippen molar-refractivity contribution >= 4 is 5.91 Å². The Bertz CT molecular complexity index is 566. The van der Waals surface area contributed by atoms with Crippen LogP contribution in [0.15, 0.2) is 30.5 Å². The highest BCUT2D eigenvalue weighted by Gasteiger charge is 2.32. The highest BCUT2D eigenvalue weighted by molar-refractivity contribution is 5.91. The summed E-state index contributed by atoms with van der Waals surface area (Å²) in [4.78, 5) is 11.5. The van der Waals surface area contributed by atoms with Crippen molar-refractivity contribution in [1.29, 1.82) is 0 Å². The molecule has 1 aromatic carbocycles. The molecule has 1 amide bonds. The van der Waals surface area contributed by atoms with E-state index in [4.69, 9.17) is 0 Å². The number of halogens is 3. The average Bonchev–Trinajstić information content (AvgIpc) is 2.89. The Morgan fingerprint density at radius 3 is 2.68 bits per heavy atom. The molecule has 1 heterocycles. The van der Waals surface area contributed by atoms with Crippen LogP contribution in [0.5, 0.6) is 0 Å². The summed E-state index contributed by atoms with van der Waals surface area (Å²) >= 11 is 0. The number of hydrogen-bond donors (Lipinski definition) is 2. The van der Waals surface area contributed by atoms with Crippen molar-refractivity contribution in [1.82, 2.24) is 20.7 Å². The standard InChI is InChI=1S/C11H9F3N4O/c12-11(13,14)8-4-2-1-3-7(8)5-15-10(19)9-6-16-18-17-9/h1-4,6H,5H2,(H,15,19)(H,16,17,18). The summed E-state index contributed by atoms with van der Waals surface area (Å²) in [6.07, 6.45) is -3.26. The maximum absolute atomic E-state index is 12.7. The van der Waals surface area contributed by atoms with E-state index in [2.05, 4.69) is 20.7 Å². The van der Waals surface area contributed by atoms with Gasteiger partial charge in [0.05, 0.1) is 11.8 Å². The van der Waals surface area contributed by atoms with Gasteiger partial charge in [0, 0.05) is 6.54 Å². The predicted molar refractivity (Wildman–Crippen MR) is 59.0 cm³/mol. The minimum absolute atomic E-state index is 0.00755. The van der Waals surface area contributed by atoms with Gasteiger partial charge in [-0.25, -0.2) is 0 Å². The second-order valence-corrected chi connectivity index (χ2v) is 3.69. The summed E-state index contributed by atoms with van der Waals surface area (Å²) in [5.74, 6) is -0.592. The van der Waals surface area contributed by atoms with Gasteiger partial charge in [-0.1, -0.05) is 18.2 Å². The minimum atomic E-state index is -4.45. The van der Waals surface area contributed by atoms with E-state index >= 15 is 0 Å². The second kappa shape index (κ2) is 5.09. The quantitative estimate of drug-likeness (QED) is 0.892. The van der Waals surface area contributed by atoms with Crippen LogP contribution in [0.4, 0.5) is 13.2 Å². The van der Waals surface area contributed by atoms with E-state index in [1.54, 1.807) is 0 Å². The Kier molecular flexibility index (Phi) is 3.50. The van der Waals surface area contributed by atoms with Gasteiger partial charge in [0.1, 0.15) is 0 Å². The molecule has 0 aliphatic heterocycles. The first-order valence-electron chi connectivity index (χ1n) is 5.27. The zero-order valence-corrected chi connectivity index (χ0v) is 9.53. The summed E-state index contributed by atoms with van der Waals surface area (Å²) in [6.45, 7) is -0.235. The van der Waals surface area contributed by atoms with Gasteiger partial charge in [-0.05, 0) is 11.6 Å². The molecule has 2 aromatic rings. The molecule has 0 fully saturated rings. The fraction of sp³-hybridized carbons (Fsp3) is 0.182. The minimum Gasteiger partial charge on any atom is -0.346 e. The van der Waals surface area contributed by atoms with E-state index in [1.165, 1.54) is 24.4 Å². The molecule has 0 aliphatic rings. The number of carbonyl (C=O) groups excluding carboxylic acids is 1. The summed E-state index contributed by atoms with van der Waals surface area (Å²) < 4.78 is 38.1. The third-order valence-electron chi connectivity index (χ3n) is 2.41. The largest absolute Gasteiger partial charge is 0.416 e. The Balaban J connectivity index is 2.10. The summed E-state index contributed by atoms with van der Waals surface area (Å²) in [6, 6.07) is 5.06. The molecule has 2 N–H and O–H groups in total. The van der Waals surface area contributed by atoms with Crippen molar-refractivity contribution in [2.24, 2.45) is 0 Å². The molecule has 0 saturated carbocycles. The van der Waals surface area contributed by atoms with Crippen LogP contribution in [-0.2, 0) is 12.7 Å². The zero-order chi connectivity index (χ0) is 13.9. The van der Waals surface area contributed by atoms with E-state index in [0.29, 0.717) is 0 Å². The lowest BCUT2D eigenvalue weighted by molar-refractivity contribution is -0.138. The molecule has 8 heteroatoms. The predicted octanol–water partition coefficient (Wildman–Crippen LogP) is 1.75. The number of carbonyl (C=O) groups is 1. The Labute approximate surface area is 105 Å². The number of nitrogens with one attached hydrogen (secondary N) is 2. The van der Waals surface area contributed by atoms with E-state index in [-0.39, 0.29) is 17.8 Å². The fourth-order valence-corrected chi connectivity index (χ4v) is 1.53. The molecule has 0 saturated heterocycles. The molecule has 0 aliphatic carbocycles. The van der Waals surface area contributed by atoms with Gasteiger partial charge in [-0.3, -0.25) is 4.79 Å². The lowest BCUT2D eigenvalue weighted by atomic mass is 10.1. The van der Waals surface area contributed by atoms with Crippen LogP contribution in [0.3, 0.4) is 0 Å².